The maximum Gasteiger partial charge on any atom is 0.416 e. The van der Waals surface area contributed by atoms with E-state index < -0.39 is 11.7 Å². The molecule has 0 amide bonds. The molecule has 0 bridgehead atoms. The fourth-order valence-corrected chi connectivity index (χ4v) is 1.73. The van der Waals surface area contributed by atoms with Crippen LogP contribution in [0.2, 0.25) is 0 Å². The lowest BCUT2D eigenvalue weighted by atomic mass is 10.1. The molecule has 0 spiro atoms. The van der Waals surface area contributed by atoms with Crippen molar-refractivity contribution in [1.82, 2.24) is 0 Å². The number of anilines is 1. The Balaban J connectivity index is 2.29. The van der Waals surface area contributed by atoms with Crippen molar-refractivity contribution in [2.45, 2.75) is 12.8 Å². The summed E-state index contributed by atoms with van der Waals surface area (Å²) in [4.78, 5) is 0. The first kappa shape index (κ1) is 17.0. The normalized spacial score (nSPS) is 10.4. The van der Waals surface area contributed by atoms with E-state index in [1.165, 1.54) is 6.26 Å². The summed E-state index contributed by atoms with van der Waals surface area (Å²) in [6.07, 6.45) is -2.08. The summed E-state index contributed by atoms with van der Waals surface area (Å²) in [5.74, 6) is 0.608. The third-order valence-electron chi connectivity index (χ3n) is 2.87. The van der Waals surface area contributed by atoms with Gasteiger partial charge in [-0.3, -0.25) is 0 Å². The second-order valence-corrected chi connectivity index (χ2v) is 4.50. The molecule has 1 aromatic heterocycles. The molecule has 1 N–H and O–H groups in total. The number of hydrogen-bond donors (Lipinski definition) is 1. The van der Waals surface area contributed by atoms with Crippen LogP contribution in [0.4, 0.5) is 18.9 Å². The smallest absolute Gasteiger partial charge is 0.416 e. The van der Waals surface area contributed by atoms with Gasteiger partial charge >= 0.3 is 6.18 Å². The quantitative estimate of drug-likeness (QED) is 0.828. The van der Waals surface area contributed by atoms with Crippen LogP contribution in [0.15, 0.2) is 52.8 Å². The molecule has 0 radical (unpaired) electrons. The Morgan fingerprint density at radius 1 is 1.25 bits per heavy atom. The van der Waals surface area contributed by atoms with Crippen LogP contribution in [0.5, 0.6) is 5.75 Å². The lowest BCUT2D eigenvalue weighted by molar-refractivity contribution is -0.137. The van der Waals surface area contributed by atoms with Gasteiger partial charge in [0.1, 0.15) is 35.8 Å². The number of ether oxygens (including phenoxy) is 1. The minimum atomic E-state index is -4.53. The highest BCUT2D eigenvalue weighted by Crippen LogP contribution is 2.35. The van der Waals surface area contributed by atoms with Crippen LogP contribution >= 0.6 is 0 Å². The van der Waals surface area contributed by atoms with Crippen LogP contribution in [0.25, 0.3) is 0 Å². The Labute approximate surface area is 135 Å². The van der Waals surface area contributed by atoms with E-state index in [9.17, 15) is 13.2 Å². The zero-order valence-electron chi connectivity index (χ0n) is 12.1. The van der Waals surface area contributed by atoms with Gasteiger partial charge < -0.3 is 14.5 Å². The molecule has 2 aromatic rings. The van der Waals surface area contributed by atoms with Gasteiger partial charge in [0.05, 0.1) is 17.5 Å². The molecule has 1 heterocycles. The lowest BCUT2D eigenvalue weighted by Gasteiger charge is -2.14. The zero-order chi connectivity index (χ0) is 17.6. The number of rotatable bonds is 5. The summed E-state index contributed by atoms with van der Waals surface area (Å²) in [5, 5.41) is 19.9. The van der Waals surface area contributed by atoms with Crippen molar-refractivity contribution < 1.29 is 22.3 Å². The monoisotopic (exact) mass is 333 g/mol. The fraction of sp³-hybridized carbons (Fsp3) is 0.125. The second kappa shape index (κ2) is 7.25. The fourth-order valence-electron chi connectivity index (χ4n) is 1.73. The van der Waals surface area contributed by atoms with E-state index in [0.717, 1.165) is 24.4 Å². The van der Waals surface area contributed by atoms with E-state index in [1.807, 2.05) is 0 Å². The lowest BCUT2D eigenvalue weighted by Crippen LogP contribution is -2.07. The summed E-state index contributed by atoms with van der Waals surface area (Å²) < 4.78 is 49.0. The maximum atomic E-state index is 12.8. The van der Waals surface area contributed by atoms with Crippen molar-refractivity contribution in [3.05, 3.63) is 59.7 Å². The van der Waals surface area contributed by atoms with Crippen LogP contribution in [-0.2, 0) is 12.8 Å². The number of furan rings is 1. The number of benzene rings is 1. The van der Waals surface area contributed by atoms with Crippen LogP contribution in [0, 0.1) is 22.7 Å². The molecule has 0 fully saturated rings. The molecule has 2 rings (SSSR count). The van der Waals surface area contributed by atoms with E-state index in [0.29, 0.717) is 5.76 Å². The standard InChI is InChI=1S/C16H10F3N3O2/c17-16(18,19)12-3-4-15(24-10-13-2-1-5-23-13)14(6-12)22-9-11(7-20)8-21/h1-6,9,22H,10H2. The molecule has 5 nitrogen and oxygen atoms in total. The number of nitrogens with one attached hydrogen (secondary N) is 1. The highest BCUT2D eigenvalue weighted by Gasteiger charge is 2.31. The van der Waals surface area contributed by atoms with Crippen molar-refractivity contribution >= 4 is 5.69 Å². The number of halogens is 3. The predicted octanol–water partition coefficient (Wildman–Crippen LogP) is 4.22. The molecule has 0 atom stereocenters. The Kier molecular flexibility index (Phi) is 5.13. The third-order valence-corrected chi connectivity index (χ3v) is 2.87. The first-order chi connectivity index (χ1) is 11.4. The number of hydrogen-bond acceptors (Lipinski definition) is 5. The molecule has 0 unspecified atom stereocenters. The van der Waals surface area contributed by atoms with Gasteiger partial charge in [0.15, 0.2) is 0 Å². The van der Waals surface area contributed by atoms with Crippen LogP contribution < -0.4 is 10.1 Å². The predicted molar refractivity (Wildman–Crippen MR) is 77.4 cm³/mol. The zero-order valence-corrected chi connectivity index (χ0v) is 12.1. The first-order valence-corrected chi connectivity index (χ1v) is 6.57. The summed E-state index contributed by atoms with van der Waals surface area (Å²) in [7, 11) is 0. The molecule has 0 aliphatic heterocycles. The van der Waals surface area contributed by atoms with Gasteiger partial charge in [0.25, 0.3) is 0 Å². The highest BCUT2D eigenvalue weighted by molar-refractivity contribution is 5.61. The Morgan fingerprint density at radius 2 is 2.00 bits per heavy atom. The van der Waals surface area contributed by atoms with Gasteiger partial charge in [-0.05, 0) is 30.3 Å². The van der Waals surface area contributed by atoms with Gasteiger partial charge in [-0.15, -0.1) is 0 Å². The van der Waals surface area contributed by atoms with E-state index in [2.05, 4.69) is 5.32 Å². The molecule has 8 heteroatoms. The van der Waals surface area contributed by atoms with Gasteiger partial charge in [-0.2, -0.15) is 23.7 Å². The molecule has 0 saturated carbocycles. The second-order valence-electron chi connectivity index (χ2n) is 4.50. The topological polar surface area (TPSA) is 82.0 Å². The molecule has 0 aliphatic rings. The molecular weight excluding hydrogens is 323 g/mol. The van der Waals surface area contributed by atoms with Crippen molar-refractivity contribution in [1.29, 1.82) is 10.5 Å². The average molecular weight is 333 g/mol. The molecule has 24 heavy (non-hydrogen) atoms. The molecule has 0 saturated heterocycles. The van der Waals surface area contributed by atoms with E-state index >= 15 is 0 Å². The average Bonchev–Trinajstić information content (AvgIpc) is 3.07. The number of nitriles is 2. The number of allylic oxidation sites excluding steroid dienone is 1. The van der Waals surface area contributed by atoms with E-state index in [4.69, 9.17) is 19.7 Å². The Bertz CT molecular complexity index is 797. The third kappa shape index (κ3) is 4.31. The minimum absolute atomic E-state index is 0.0140. The number of alkyl halides is 3. The van der Waals surface area contributed by atoms with Crippen LogP contribution in [-0.4, -0.2) is 0 Å². The first-order valence-electron chi connectivity index (χ1n) is 6.57. The van der Waals surface area contributed by atoms with Gasteiger partial charge in [0.2, 0.25) is 0 Å². The van der Waals surface area contributed by atoms with Crippen LogP contribution in [0.1, 0.15) is 11.3 Å². The maximum absolute atomic E-state index is 12.8. The van der Waals surface area contributed by atoms with Crippen molar-refractivity contribution in [2.75, 3.05) is 5.32 Å². The SMILES string of the molecule is N#CC(C#N)=CNc1cc(C(F)(F)F)ccc1OCc1ccco1. The Hall–Kier alpha value is -3.39. The van der Waals surface area contributed by atoms with Crippen LogP contribution in [0.3, 0.4) is 0 Å². The molecule has 1 aromatic carbocycles. The van der Waals surface area contributed by atoms with Crippen molar-refractivity contribution in [3.63, 3.8) is 0 Å². The summed E-state index contributed by atoms with van der Waals surface area (Å²) in [6, 6.07) is 9.37. The highest BCUT2D eigenvalue weighted by atomic mass is 19.4. The van der Waals surface area contributed by atoms with E-state index in [1.54, 1.807) is 24.3 Å². The molecule has 0 aliphatic carbocycles. The molecular formula is C16H10F3N3O2. The summed E-state index contributed by atoms with van der Waals surface area (Å²) >= 11 is 0. The summed E-state index contributed by atoms with van der Waals surface area (Å²) in [5.41, 5.74) is -1.21. The van der Waals surface area contributed by atoms with Crippen molar-refractivity contribution in [3.8, 4) is 17.9 Å². The van der Waals surface area contributed by atoms with Gasteiger partial charge in [0, 0.05) is 6.20 Å². The van der Waals surface area contributed by atoms with Gasteiger partial charge in [-0.1, -0.05) is 0 Å². The van der Waals surface area contributed by atoms with Crippen molar-refractivity contribution in [2.24, 2.45) is 0 Å². The molecule has 122 valence electrons. The largest absolute Gasteiger partial charge is 0.483 e. The van der Waals surface area contributed by atoms with E-state index in [-0.39, 0.29) is 23.6 Å². The minimum Gasteiger partial charge on any atom is -0.483 e. The number of nitrogens with zero attached hydrogens (tertiary/aromatic N) is 2. The summed E-state index contributed by atoms with van der Waals surface area (Å²) in [6.45, 7) is 0.0140. The van der Waals surface area contributed by atoms with Gasteiger partial charge in [-0.25, -0.2) is 0 Å². The Morgan fingerprint density at radius 3 is 2.58 bits per heavy atom.